The van der Waals surface area contributed by atoms with Crippen LogP contribution in [0, 0.1) is 0 Å². The summed E-state index contributed by atoms with van der Waals surface area (Å²) in [4.78, 5) is 18.7. The summed E-state index contributed by atoms with van der Waals surface area (Å²) in [7, 11) is 0. The molecule has 1 N–H and O–H groups in total. The first-order valence-electron chi connectivity index (χ1n) is 9.35. The van der Waals surface area contributed by atoms with Crippen molar-refractivity contribution in [3.63, 3.8) is 0 Å². The molecule has 0 aromatic heterocycles. The van der Waals surface area contributed by atoms with Crippen molar-refractivity contribution in [1.29, 1.82) is 0 Å². The van der Waals surface area contributed by atoms with Crippen LogP contribution in [0.3, 0.4) is 0 Å². The zero-order valence-corrected chi connectivity index (χ0v) is 15.7. The fourth-order valence-electron chi connectivity index (χ4n) is 3.05. The van der Waals surface area contributed by atoms with Crippen molar-refractivity contribution in [3.05, 3.63) is 96.1 Å². The number of rotatable bonds is 5. The number of phenolic OH excluding ortho intramolecular Hbond substituents is 1. The quantitative estimate of drug-likeness (QED) is 0.713. The van der Waals surface area contributed by atoms with Gasteiger partial charge in [0.25, 0.3) is 5.91 Å². The second-order valence-electron chi connectivity index (χ2n) is 6.65. The maximum Gasteiger partial charge on any atom is 0.277 e. The standard InChI is InChI=1S/C23H21NO5/c25-19-11-7-10-18(14-19)23-28-21(16-27-20-12-5-2-6-13-20)15-24(29-23)22(26)17-8-3-1-4-9-17/h1-14,21,23,25H,15-16H2/t21-,23-/m0/s1. The molecule has 1 fully saturated rings. The highest BCUT2D eigenvalue weighted by Crippen LogP contribution is 2.30. The van der Waals surface area contributed by atoms with Gasteiger partial charge in [-0.25, -0.2) is 9.90 Å². The normalized spacial score (nSPS) is 19.0. The molecular weight excluding hydrogens is 370 g/mol. The van der Waals surface area contributed by atoms with Crippen LogP contribution >= 0.6 is 0 Å². The van der Waals surface area contributed by atoms with Crippen molar-refractivity contribution < 1.29 is 24.2 Å². The smallest absolute Gasteiger partial charge is 0.277 e. The van der Waals surface area contributed by atoms with Crippen molar-refractivity contribution in [2.75, 3.05) is 13.2 Å². The number of hydroxylamine groups is 2. The summed E-state index contributed by atoms with van der Waals surface area (Å²) in [6.45, 7) is 0.469. The molecular formula is C23H21NO5. The Morgan fingerprint density at radius 1 is 1.00 bits per heavy atom. The Balaban J connectivity index is 1.53. The molecule has 148 valence electrons. The zero-order valence-electron chi connectivity index (χ0n) is 15.7. The fourth-order valence-corrected chi connectivity index (χ4v) is 3.05. The van der Waals surface area contributed by atoms with E-state index < -0.39 is 12.4 Å². The number of para-hydroxylation sites is 1. The lowest BCUT2D eigenvalue weighted by atomic mass is 10.2. The van der Waals surface area contributed by atoms with Crippen molar-refractivity contribution in [2.45, 2.75) is 12.4 Å². The van der Waals surface area contributed by atoms with E-state index in [1.165, 1.54) is 5.06 Å². The molecule has 1 aliphatic rings. The average Bonchev–Trinajstić information content (AvgIpc) is 2.78. The number of aromatic hydroxyl groups is 1. The van der Waals surface area contributed by atoms with E-state index in [4.69, 9.17) is 14.3 Å². The minimum Gasteiger partial charge on any atom is -0.508 e. The van der Waals surface area contributed by atoms with Crippen LogP contribution in [0.2, 0.25) is 0 Å². The van der Waals surface area contributed by atoms with Crippen LogP contribution in [0.1, 0.15) is 22.2 Å². The third-order valence-electron chi connectivity index (χ3n) is 4.48. The Morgan fingerprint density at radius 3 is 2.45 bits per heavy atom. The van der Waals surface area contributed by atoms with Gasteiger partial charge in [-0.15, -0.1) is 0 Å². The number of benzene rings is 3. The van der Waals surface area contributed by atoms with Gasteiger partial charge >= 0.3 is 0 Å². The molecule has 1 amide bonds. The molecule has 3 aromatic carbocycles. The summed E-state index contributed by atoms with van der Waals surface area (Å²) in [5, 5.41) is 11.1. The van der Waals surface area contributed by atoms with Gasteiger partial charge in [0.05, 0.1) is 6.54 Å². The van der Waals surface area contributed by atoms with Crippen LogP contribution in [0.15, 0.2) is 84.9 Å². The second kappa shape index (κ2) is 8.77. The number of carbonyl (C=O) groups is 1. The van der Waals surface area contributed by atoms with Crippen LogP contribution in [0.4, 0.5) is 0 Å². The summed E-state index contributed by atoms with van der Waals surface area (Å²) in [5.41, 5.74) is 1.13. The van der Waals surface area contributed by atoms with E-state index in [9.17, 15) is 9.90 Å². The molecule has 6 nitrogen and oxygen atoms in total. The van der Waals surface area contributed by atoms with Crippen LogP contribution in [-0.2, 0) is 9.57 Å². The Hall–Kier alpha value is -3.35. The van der Waals surface area contributed by atoms with Crippen LogP contribution in [0.25, 0.3) is 0 Å². The number of phenols is 1. The van der Waals surface area contributed by atoms with Gasteiger partial charge in [0.2, 0.25) is 6.29 Å². The van der Waals surface area contributed by atoms with E-state index in [2.05, 4.69) is 0 Å². The number of hydrogen-bond donors (Lipinski definition) is 1. The van der Waals surface area contributed by atoms with E-state index in [1.807, 2.05) is 36.4 Å². The van der Waals surface area contributed by atoms with E-state index in [0.29, 0.717) is 11.1 Å². The summed E-state index contributed by atoms with van der Waals surface area (Å²) >= 11 is 0. The molecule has 1 heterocycles. The van der Waals surface area contributed by atoms with E-state index in [0.717, 1.165) is 5.75 Å². The highest BCUT2D eigenvalue weighted by Gasteiger charge is 2.34. The van der Waals surface area contributed by atoms with Gasteiger partial charge < -0.3 is 14.6 Å². The molecule has 0 aliphatic carbocycles. The maximum absolute atomic E-state index is 12.9. The monoisotopic (exact) mass is 391 g/mol. The van der Waals surface area contributed by atoms with Gasteiger partial charge in [-0.1, -0.05) is 48.5 Å². The minimum atomic E-state index is -0.840. The lowest BCUT2D eigenvalue weighted by Crippen LogP contribution is -2.47. The first kappa shape index (κ1) is 19.0. The predicted octanol–water partition coefficient (Wildman–Crippen LogP) is 3.94. The SMILES string of the molecule is O=C(c1ccccc1)N1C[C@@H](COc2ccccc2)O[C@H](c2cccc(O)c2)O1. The summed E-state index contributed by atoms with van der Waals surface area (Å²) < 4.78 is 11.8. The maximum atomic E-state index is 12.9. The first-order valence-corrected chi connectivity index (χ1v) is 9.35. The molecule has 0 saturated carbocycles. The highest BCUT2D eigenvalue weighted by molar-refractivity contribution is 5.93. The number of nitrogens with zero attached hydrogens (tertiary/aromatic N) is 1. The predicted molar refractivity (Wildman–Crippen MR) is 106 cm³/mol. The number of carbonyl (C=O) groups excluding carboxylic acids is 1. The molecule has 6 heteroatoms. The average molecular weight is 391 g/mol. The summed E-state index contributed by atoms with van der Waals surface area (Å²) in [6, 6.07) is 24.9. The van der Waals surface area contributed by atoms with E-state index in [-0.39, 0.29) is 24.8 Å². The van der Waals surface area contributed by atoms with Gasteiger partial charge in [0.15, 0.2) is 0 Å². The third kappa shape index (κ3) is 4.74. The van der Waals surface area contributed by atoms with Gasteiger partial charge in [-0.2, -0.15) is 0 Å². The van der Waals surface area contributed by atoms with Gasteiger partial charge in [0, 0.05) is 11.1 Å². The Bertz CT molecular complexity index is 948. The zero-order chi connectivity index (χ0) is 20.1. The first-order chi connectivity index (χ1) is 14.2. The second-order valence-corrected chi connectivity index (χ2v) is 6.65. The van der Waals surface area contributed by atoms with Gasteiger partial charge in [-0.3, -0.25) is 4.79 Å². The largest absolute Gasteiger partial charge is 0.508 e. The lowest BCUT2D eigenvalue weighted by Gasteiger charge is -2.37. The molecule has 3 aromatic rings. The lowest BCUT2D eigenvalue weighted by molar-refractivity contribution is -0.325. The molecule has 1 saturated heterocycles. The highest BCUT2D eigenvalue weighted by atomic mass is 16.8. The number of ether oxygens (including phenoxy) is 2. The third-order valence-corrected chi connectivity index (χ3v) is 4.48. The Morgan fingerprint density at radius 2 is 1.72 bits per heavy atom. The van der Waals surface area contributed by atoms with Gasteiger partial charge in [0.1, 0.15) is 24.2 Å². The summed E-state index contributed by atoms with van der Waals surface area (Å²) in [6.07, 6.45) is -1.25. The topological polar surface area (TPSA) is 68.2 Å². The van der Waals surface area contributed by atoms with Crippen LogP contribution in [-0.4, -0.2) is 35.3 Å². The van der Waals surface area contributed by atoms with Crippen LogP contribution < -0.4 is 4.74 Å². The molecule has 0 radical (unpaired) electrons. The minimum absolute atomic E-state index is 0.0956. The van der Waals surface area contributed by atoms with Crippen molar-refractivity contribution >= 4 is 5.91 Å². The Kier molecular flexibility index (Phi) is 5.74. The molecule has 0 spiro atoms. The van der Waals surface area contributed by atoms with Gasteiger partial charge in [-0.05, 0) is 36.4 Å². The number of amides is 1. The van der Waals surface area contributed by atoms with E-state index >= 15 is 0 Å². The molecule has 2 atom stereocenters. The molecule has 0 unspecified atom stereocenters. The van der Waals surface area contributed by atoms with Crippen LogP contribution in [0.5, 0.6) is 11.5 Å². The number of hydrogen-bond acceptors (Lipinski definition) is 5. The molecule has 1 aliphatic heterocycles. The van der Waals surface area contributed by atoms with Crippen molar-refractivity contribution in [3.8, 4) is 11.5 Å². The van der Waals surface area contributed by atoms with Crippen molar-refractivity contribution in [1.82, 2.24) is 5.06 Å². The van der Waals surface area contributed by atoms with E-state index in [1.54, 1.807) is 48.5 Å². The molecule has 4 rings (SSSR count). The summed E-state index contributed by atoms with van der Waals surface area (Å²) in [5.74, 6) is 0.555. The Labute approximate surface area is 168 Å². The fraction of sp³-hybridized carbons (Fsp3) is 0.174. The molecule has 0 bridgehead atoms. The van der Waals surface area contributed by atoms with Crippen molar-refractivity contribution in [2.24, 2.45) is 0 Å². The molecule has 29 heavy (non-hydrogen) atoms.